The molecule has 0 aliphatic rings. The van der Waals surface area contributed by atoms with Crippen molar-refractivity contribution in [3.8, 4) is 0 Å². The molecule has 0 fully saturated rings. The molecule has 0 heterocycles. The van der Waals surface area contributed by atoms with E-state index in [2.05, 4.69) is 10.6 Å². The lowest BCUT2D eigenvalue weighted by Gasteiger charge is -2.26. The number of amides is 2. The first-order chi connectivity index (χ1) is 12.0. The van der Waals surface area contributed by atoms with Crippen molar-refractivity contribution in [2.75, 3.05) is 0 Å². The number of rotatable bonds is 11. The molecule has 0 aromatic carbocycles. The first kappa shape index (κ1) is 31.1. The van der Waals surface area contributed by atoms with Gasteiger partial charge in [0.15, 0.2) is 0 Å². The van der Waals surface area contributed by atoms with E-state index < -0.39 is 47.9 Å². The lowest BCUT2D eigenvalue weighted by molar-refractivity contribution is -0.145. The van der Waals surface area contributed by atoms with Gasteiger partial charge < -0.3 is 32.3 Å². The maximum atomic E-state index is 12.2. The first-order valence-corrected chi connectivity index (χ1v) is 8.55. The second-order valence-corrected chi connectivity index (χ2v) is 6.47. The molecule has 28 heavy (non-hydrogen) atoms. The molecule has 0 aliphatic heterocycles. The van der Waals surface area contributed by atoms with Crippen LogP contribution in [0.2, 0.25) is 0 Å². The monoisotopic (exact) mass is 446 g/mol. The summed E-state index contributed by atoms with van der Waals surface area (Å²) in [5.74, 6) is -4.93. The van der Waals surface area contributed by atoms with Crippen LogP contribution in [0.25, 0.3) is 0 Å². The molecule has 0 radical (unpaired) electrons. The van der Waals surface area contributed by atoms with Crippen LogP contribution in [0.15, 0.2) is 0 Å². The molecule has 0 aromatic heterocycles. The standard InChI is InChI=1S/C16H30N4O6.2ClH/c1-5-7(3)11(15(23)24)19-13(21)9(17)10(18)14(22)20-12(16(25)26)8(4)6-2;;/h7-12H,5-6,17-18H2,1-4H3,(H,19,21)(H,20,22)(H,23,24)(H,25,26);2*1H/t7?,8?,9-,10-,11-,12-;;/m0../s1. The van der Waals surface area contributed by atoms with Gasteiger partial charge in [0.05, 0.1) is 0 Å². The van der Waals surface area contributed by atoms with E-state index in [1.54, 1.807) is 27.7 Å². The highest BCUT2D eigenvalue weighted by Crippen LogP contribution is 2.10. The van der Waals surface area contributed by atoms with E-state index in [9.17, 15) is 29.4 Å². The molecule has 0 saturated heterocycles. The van der Waals surface area contributed by atoms with Crippen LogP contribution < -0.4 is 22.1 Å². The van der Waals surface area contributed by atoms with Crippen LogP contribution in [0.1, 0.15) is 40.5 Å². The Morgan fingerprint density at radius 2 is 1.00 bits per heavy atom. The summed E-state index contributed by atoms with van der Waals surface area (Å²) in [6, 6.07) is -5.37. The van der Waals surface area contributed by atoms with Crippen molar-refractivity contribution >= 4 is 48.6 Å². The highest BCUT2D eigenvalue weighted by atomic mass is 35.5. The quantitative estimate of drug-likeness (QED) is 0.250. The maximum Gasteiger partial charge on any atom is 0.326 e. The Hall–Kier alpha value is -1.62. The minimum absolute atomic E-state index is 0. The highest BCUT2D eigenvalue weighted by molar-refractivity contribution is 5.95. The van der Waals surface area contributed by atoms with Crippen molar-refractivity contribution in [2.45, 2.75) is 64.7 Å². The lowest BCUT2D eigenvalue weighted by atomic mass is 9.97. The van der Waals surface area contributed by atoms with Gasteiger partial charge in [0.2, 0.25) is 11.8 Å². The van der Waals surface area contributed by atoms with Gasteiger partial charge in [0, 0.05) is 0 Å². The molecule has 0 bridgehead atoms. The maximum absolute atomic E-state index is 12.2. The van der Waals surface area contributed by atoms with Crippen molar-refractivity contribution in [1.82, 2.24) is 10.6 Å². The van der Waals surface area contributed by atoms with Gasteiger partial charge in [-0.2, -0.15) is 0 Å². The van der Waals surface area contributed by atoms with E-state index in [0.29, 0.717) is 12.8 Å². The van der Waals surface area contributed by atoms with Gasteiger partial charge >= 0.3 is 11.9 Å². The molecule has 2 amide bonds. The number of nitrogens with two attached hydrogens (primary N) is 2. The Balaban J connectivity index is -0.00000312. The summed E-state index contributed by atoms with van der Waals surface area (Å²) in [6.45, 7) is 6.85. The number of carbonyl (C=O) groups is 4. The molecule has 2 unspecified atom stereocenters. The van der Waals surface area contributed by atoms with Crippen LogP contribution in [-0.2, 0) is 19.2 Å². The van der Waals surface area contributed by atoms with Crippen molar-refractivity contribution in [3.05, 3.63) is 0 Å². The second-order valence-electron chi connectivity index (χ2n) is 6.47. The van der Waals surface area contributed by atoms with E-state index in [0.717, 1.165) is 0 Å². The average Bonchev–Trinajstić information content (AvgIpc) is 2.60. The Morgan fingerprint density at radius 1 is 0.750 bits per heavy atom. The largest absolute Gasteiger partial charge is 0.480 e. The fourth-order valence-electron chi connectivity index (χ4n) is 2.19. The number of hydrogen-bond acceptors (Lipinski definition) is 6. The zero-order valence-electron chi connectivity index (χ0n) is 16.4. The van der Waals surface area contributed by atoms with Gasteiger partial charge in [0.25, 0.3) is 0 Å². The van der Waals surface area contributed by atoms with Crippen molar-refractivity contribution in [1.29, 1.82) is 0 Å². The highest BCUT2D eigenvalue weighted by Gasteiger charge is 2.34. The topological polar surface area (TPSA) is 185 Å². The van der Waals surface area contributed by atoms with E-state index in [4.69, 9.17) is 11.5 Å². The lowest BCUT2D eigenvalue weighted by Crippen LogP contribution is -2.62. The van der Waals surface area contributed by atoms with Gasteiger partial charge in [-0.25, -0.2) is 9.59 Å². The molecule has 12 heteroatoms. The zero-order valence-corrected chi connectivity index (χ0v) is 18.0. The number of nitrogens with one attached hydrogen (secondary N) is 2. The molecular formula is C16H32Cl2N4O6. The molecule has 0 aliphatic carbocycles. The van der Waals surface area contributed by atoms with E-state index >= 15 is 0 Å². The minimum Gasteiger partial charge on any atom is -0.480 e. The zero-order chi connectivity index (χ0) is 20.6. The van der Waals surface area contributed by atoms with Crippen molar-refractivity contribution in [3.63, 3.8) is 0 Å². The summed E-state index contributed by atoms with van der Waals surface area (Å²) in [6.07, 6.45) is 1.02. The molecule has 6 atom stereocenters. The molecule has 0 spiro atoms. The number of aliphatic carboxylic acids is 2. The SMILES string of the molecule is CCC(C)[C@H](NC(=O)[C@@H](N)[C@H](N)C(=O)N[C@H](C(=O)O)C(C)CC)C(=O)O.Cl.Cl. The summed E-state index contributed by atoms with van der Waals surface area (Å²) in [5.41, 5.74) is 11.3. The van der Waals surface area contributed by atoms with Gasteiger partial charge in [-0.1, -0.05) is 40.5 Å². The Bertz CT molecular complexity index is 491. The predicted octanol–water partition coefficient (Wildman–Crippen LogP) is -0.284. The Kier molecular flexibility index (Phi) is 16.0. The predicted molar refractivity (Wildman–Crippen MR) is 108 cm³/mol. The summed E-state index contributed by atoms with van der Waals surface area (Å²) in [7, 11) is 0. The summed E-state index contributed by atoms with van der Waals surface area (Å²) < 4.78 is 0. The molecule has 0 rings (SSSR count). The van der Waals surface area contributed by atoms with Crippen LogP contribution in [0.5, 0.6) is 0 Å². The number of halogens is 2. The number of carbonyl (C=O) groups excluding carboxylic acids is 2. The van der Waals surface area contributed by atoms with Crippen LogP contribution in [-0.4, -0.2) is 58.1 Å². The van der Waals surface area contributed by atoms with Crippen molar-refractivity contribution < 1.29 is 29.4 Å². The molecular weight excluding hydrogens is 415 g/mol. The minimum atomic E-state index is -1.52. The fraction of sp³-hybridized carbons (Fsp3) is 0.750. The molecule has 8 N–H and O–H groups in total. The number of carboxylic acid groups (broad SMARTS) is 2. The van der Waals surface area contributed by atoms with Gasteiger partial charge in [-0.15, -0.1) is 24.8 Å². The molecule has 166 valence electrons. The second kappa shape index (κ2) is 14.4. The van der Waals surface area contributed by atoms with Crippen molar-refractivity contribution in [2.24, 2.45) is 23.3 Å². The molecule has 0 saturated carbocycles. The molecule has 10 nitrogen and oxygen atoms in total. The van der Waals surface area contributed by atoms with E-state index in [1.807, 2.05) is 0 Å². The van der Waals surface area contributed by atoms with Gasteiger partial charge in [-0.3, -0.25) is 9.59 Å². The Morgan fingerprint density at radius 3 is 1.18 bits per heavy atom. The normalized spacial score (nSPS) is 16.6. The van der Waals surface area contributed by atoms with Crippen LogP contribution in [0.4, 0.5) is 0 Å². The van der Waals surface area contributed by atoms with E-state index in [-0.39, 0.29) is 36.6 Å². The Labute approximate surface area is 177 Å². The van der Waals surface area contributed by atoms with Crippen LogP contribution in [0, 0.1) is 11.8 Å². The third kappa shape index (κ3) is 9.05. The van der Waals surface area contributed by atoms with Crippen LogP contribution >= 0.6 is 24.8 Å². The summed E-state index contributed by atoms with van der Waals surface area (Å²) in [4.78, 5) is 46.8. The number of carboxylic acids is 2. The van der Waals surface area contributed by atoms with Crippen LogP contribution in [0.3, 0.4) is 0 Å². The smallest absolute Gasteiger partial charge is 0.326 e. The number of hydrogen-bond donors (Lipinski definition) is 6. The third-order valence-corrected chi connectivity index (χ3v) is 4.55. The fourth-order valence-corrected chi connectivity index (χ4v) is 2.19. The summed E-state index contributed by atoms with van der Waals surface area (Å²) >= 11 is 0. The first-order valence-electron chi connectivity index (χ1n) is 8.55. The van der Waals surface area contributed by atoms with Gasteiger partial charge in [-0.05, 0) is 11.8 Å². The molecule has 0 aromatic rings. The average molecular weight is 447 g/mol. The van der Waals surface area contributed by atoms with Gasteiger partial charge in [0.1, 0.15) is 24.2 Å². The third-order valence-electron chi connectivity index (χ3n) is 4.55. The summed E-state index contributed by atoms with van der Waals surface area (Å²) in [5, 5.41) is 22.9. The van der Waals surface area contributed by atoms with E-state index in [1.165, 1.54) is 0 Å².